The second-order valence-corrected chi connectivity index (χ2v) is 7.93. The Bertz CT molecular complexity index is 985. The lowest BCUT2D eigenvalue weighted by atomic mass is 9.82. The largest absolute Gasteiger partial charge is 0.497 e. The summed E-state index contributed by atoms with van der Waals surface area (Å²) in [5.41, 5.74) is 3.75. The first kappa shape index (κ1) is 23.1. The Morgan fingerprint density at radius 1 is 0.844 bits per heavy atom. The van der Waals surface area contributed by atoms with E-state index >= 15 is 0 Å². The van der Waals surface area contributed by atoms with Crippen molar-refractivity contribution in [2.45, 2.75) is 32.2 Å². The van der Waals surface area contributed by atoms with E-state index in [9.17, 15) is 9.59 Å². The van der Waals surface area contributed by atoms with E-state index in [1.54, 1.807) is 24.4 Å². The van der Waals surface area contributed by atoms with Crippen molar-refractivity contribution in [3.8, 4) is 5.75 Å². The van der Waals surface area contributed by atoms with Crippen molar-refractivity contribution >= 4 is 11.9 Å². The highest BCUT2D eigenvalue weighted by molar-refractivity contribution is 5.98. The Kier molecular flexibility index (Phi) is 7.36. The van der Waals surface area contributed by atoms with Crippen molar-refractivity contribution in [3.63, 3.8) is 0 Å². The lowest BCUT2D eigenvalue weighted by molar-refractivity contribution is -0.137. The molecule has 0 bridgehead atoms. The molecule has 6 nitrogen and oxygen atoms in total. The van der Waals surface area contributed by atoms with Crippen molar-refractivity contribution in [1.29, 1.82) is 0 Å². The van der Waals surface area contributed by atoms with Crippen LogP contribution >= 0.6 is 0 Å². The molecule has 1 heterocycles. The Labute approximate surface area is 189 Å². The predicted octanol–water partition coefficient (Wildman–Crippen LogP) is 4.53. The van der Waals surface area contributed by atoms with Crippen molar-refractivity contribution in [3.05, 3.63) is 88.8 Å². The average Bonchev–Trinajstić information content (AvgIpc) is 2.83. The summed E-state index contributed by atoms with van der Waals surface area (Å²) < 4.78 is 15.3. The number of esters is 2. The third-order valence-electron chi connectivity index (χ3n) is 5.53. The predicted molar refractivity (Wildman–Crippen MR) is 122 cm³/mol. The highest BCUT2D eigenvalue weighted by Gasteiger charge is 2.35. The summed E-state index contributed by atoms with van der Waals surface area (Å²) in [5.74, 6) is -0.423. The van der Waals surface area contributed by atoms with Crippen molar-refractivity contribution in [2.24, 2.45) is 0 Å². The molecule has 0 aromatic heterocycles. The second-order valence-electron chi connectivity index (χ2n) is 7.93. The number of benzene rings is 2. The SMILES string of the molecule is COC(=O)C1=CN(Cc2ccc(OC)cc2)C=C(C(=O)OC)C1c1ccc(C(C)C)cc1. The van der Waals surface area contributed by atoms with Gasteiger partial charge in [-0.05, 0) is 34.7 Å². The van der Waals surface area contributed by atoms with E-state index in [1.807, 2.05) is 48.5 Å². The van der Waals surface area contributed by atoms with Gasteiger partial charge in [0.25, 0.3) is 0 Å². The minimum atomic E-state index is -0.580. The van der Waals surface area contributed by atoms with E-state index in [1.165, 1.54) is 19.8 Å². The molecule has 0 spiro atoms. The molecule has 0 aliphatic carbocycles. The fourth-order valence-corrected chi connectivity index (χ4v) is 3.75. The Morgan fingerprint density at radius 2 is 1.38 bits per heavy atom. The van der Waals surface area contributed by atoms with Gasteiger partial charge in [-0.2, -0.15) is 0 Å². The van der Waals surface area contributed by atoms with Gasteiger partial charge in [0.15, 0.2) is 0 Å². The summed E-state index contributed by atoms with van der Waals surface area (Å²) in [7, 11) is 4.29. The maximum atomic E-state index is 12.8. The summed E-state index contributed by atoms with van der Waals surface area (Å²) in [6.07, 6.45) is 3.48. The monoisotopic (exact) mass is 435 g/mol. The molecule has 0 saturated heterocycles. The molecule has 32 heavy (non-hydrogen) atoms. The summed E-state index contributed by atoms with van der Waals surface area (Å²) in [5, 5.41) is 0. The fraction of sp³-hybridized carbons (Fsp3) is 0.308. The van der Waals surface area contributed by atoms with Crippen molar-refractivity contribution < 1.29 is 23.8 Å². The normalized spacial score (nSPS) is 14.0. The second kappa shape index (κ2) is 10.2. The zero-order valence-corrected chi connectivity index (χ0v) is 19.1. The van der Waals surface area contributed by atoms with Gasteiger partial charge in [-0.1, -0.05) is 50.2 Å². The number of ether oxygens (including phenoxy) is 3. The lowest BCUT2D eigenvalue weighted by Gasteiger charge is -2.30. The van der Waals surface area contributed by atoms with Gasteiger partial charge in [0, 0.05) is 18.9 Å². The van der Waals surface area contributed by atoms with Gasteiger partial charge in [-0.15, -0.1) is 0 Å². The van der Waals surface area contributed by atoms with Gasteiger partial charge in [0.1, 0.15) is 5.75 Å². The van der Waals surface area contributed by atoms with Crippen molar-refractivity contribution in [2.75, 3.05) is 21.3 Å². The highest BCUT2D eigenvalue weighted by Crippen LogP contribution is 2.38. The molecular formula is C26H29NO5. The summed E-state index contributed by atoms with van der Waals surface area (Å²) in [6.45, 7) is 4.70. The molecule has 1 aliphatic heterocycles. The first-order chi connectivity index (χ1) is 15.4. The Balaban J connectivity index is 2.02. The maximum Gasteiger partial charge on any atom is 0.336 e. The molecule has 1 aliphatic rings. The van der Waals surface area contributed by atoms with E-state index in [0.717, 1.165) is 16.9 Å². The third-order valence-corrected chi connectivity index (χ3v) is 5.53. The first-order valence-corrected chi connectivity index (χ1v) is 10.5. The van der Waals surface area contributed by atoms with Crippen LogP contribution in [0.3, 0.4) is 0 Å². The van der Waals surface area contributed by atoms with Crippen LogP contribution in [-0.4, -0.2) is 38.2 Å². The van der Waals surface area contributed by atoms with Crippen LogP contribution in [0.1, 0.15) is 42.4 Å². The molecule has 0 atom stereocenters. The molecule has 0 amide bonds. The van der Waals surface area contributed by atoms with Crippen LogP contribution in [-0.2, 0) is 25.6 Å². The van der Waals surface area contributed by atoms with Crippen LogP contribution in [0.25, 0.3) is 0 Å². The summed E-state index contributed by atoms with van der Waals surface area (Å²) >= 11 is 0. The number of methoxy groups -OCH3 is 3. The number of hydrogen-bond acceptors (Lipinski definition) is 6. The topological polar surface area (TPSA) is 65.1 Å². The Morgan fingerprint density at radius 3 is 1.81 bits per heavy atom. The quantitative estimate of drug-likeness (QED) is 0.596. The van der Waals surface area contributed by atoms with Gasteiger partial charge in [-0.25, -0.2) is 9.59 Å². The van der Waals surface area contributed by atoms with Crippen LogP contribution in [0.5, 0.6) is 5.75 Å². The molecular weight excluding hydrogens is 406 g/mol. The average molecular weight is 436 g/mol. The van der Waals surface area contributed by atoms with E-state index in [0.29, 0.717) is 23.6 Å². The van der Waals surface area contributed by atoms with E-state index in [2.05, 4.69) is 13.8 Å². The number of rotatable bonds is 7. The molecule has 0 fully saturated rings. The fourth-order valence-electron chi connectivity index (χ4n) is 3.75. The van der Waals surface area contributed by atoms with Crippen LogP contribution in [0.4, 0.5) is 0 Å². The molecule has 6 heteroatoms. The van der Waals surface area contributed by atoms with Gasteiger partial charge in [-0.3, -0.25) is 0 Å². The van der Waals surface area contributed by atoms with Gasteiger partial charge >= 0.3 is 11.9 Å². The number of hydrogen-bond donors (Lipinski definition) is 0. The van der Waals surface area contributed by atoms with E-state index < -0.39 is 17.9 Å². The molecule has 2 aromatic rings. The van der Waals surface area contributed by atoms with Crippen LogP contribution in [0.2, 0.25) is 0 Å². The van der Waals surface area contributed by atoms with Gasteiger partial charge < -0.3 is 19.1 Å². The standard InChI is InChI=1S/C26H29NO5/c1-17(2)19-8-10-20(11-9-19)24-22(25(28)31-4)15-27(16-23(24)26(29)32-5)14-18-6-12-21(30-3)13-7-18/h6-13,15-17,24H,14H2,1-5H3. The molecule has 168 valence electrons. The third kappa shape index (κ3) is 5.02. The van der Waals surface area contributed by atoms with Gasteiger partial charge in [0.2, 0.25) is 0 Å². The Hall–Kier alpha value is -3.54. The molecule has 0 N–H and O–H groups in total. The van der Waals surface area contributed by atoms with Gasteiger partial charge in [0.05, 0.1) is 38.4 Å². The summed E-state index contributed by atoms with van der Waals surface area (Å²) in [6, 6.07) is 15.6. The molecule has 2 aromatic carbocycles. The molecule has 0 saturated carbocycles. The van der Waals surface area contributed by atoms with Crippen LogP contribution < -0.4 is 4.74 Å². The molecule has 0 unspecified atom stereocenters. The smallest absolute Gasteiger partial charge is 0.336 e. The maximum absolute atomic E-state index is 12.8. The zero-order valence-electron chi connectivity index (χ0n) is 19.1. The lowest BCUT2D eigenvalue weighted by Crippen LogP contribution is -2.28. The molecule has 0 radical (unpaired) electrons. The van der Waals surface area contributed by atoms with Crippen LogP contribution in [0, 0.1) is 0 Å². The number of carbonyl (C=O) groups excluding carboxylic acids is 2. The first-order valence-electron chi connectivity index (χ1n) is 10.5. The van der Waals surface area contributed by atoms with Crippen molar-refractivity contribution in [1.82, 2.24) is 4.90 Å². The summed E-state index contributed by atoms with van der Waals surface area (Å²) in [4.78, 5) is 27.3. The number of carbonyl (C=O) groups is 2. The van der Waals surface area contributed by atoms with E-state index in [-0.39, 0.29) is 0 Å². The minimum Gasteiger partial charge on any atom is -0.497 e. The van der Waals surface area contributed by atoms with E-state index in [4.69, 9.17) is 14.2 Å². The number of nitrogens with zero attached hydrogens (tertiary/aromatic N) is 1. The minimum absolute atomic E-state index is 0.376. The zero-order chi connectivity index (χ0) is 23.3. The molecule has 3 rings (SSSR count). The van der Waals surface area contributed by atoms with Crippen LogP contribution in [0.15, 0.2) is 72.1 Å². The highest BCUT2D eigenvalue weighted by atomic mass is 16.5.